The van der Waals surface area contributed by atoms with Gasteiger partial charge in [0, 0.05) is 11.4 Å². The number of hydrogen-bond acceptors (Lipinski definition) is 3. The van der Waals surface area contributed by atoms with Crippen LogP contribution in [-0.4, -0.2) is 15.2 Å². The molecule has 0 bridgehead atoms. The summed E-state index contributed by atoms with van der Waals surface area (Å²) in [6.07, 6.45) is 1.68. The molecule has 3 N–H and O–H groups in total. The van der Waals surface area contributed by atoms with Gasteiger partial charge in [-0.3, -0.25) is 5.10 Å². The van der Waals surface area contributed by atoms with Crippen molar-refractivity contribution in [2.24, 2.45) is 0 Å². The van der Waals surface area contributed by atoms with Crippen molar-refractivity contribution >= 4 is 16.7 Å². The van der Waals surface area contributed by atoms with Crippen LogP contribution in [0.25, 0.3) is 11.0 Å². The van der Waals surface area contributed by atoms with E-state index in [4.69, 9.17) is 5.73 Å². The zero-order valence-electron chi connectivity index (χ0n) is 6.13. The highest BCUT2D eigenvalue weighted by atomic mass is 15.1. The zero-order valence-corrected chi connectivity index (χ0v) is 6.13. The molecule has 2 aromatic heterocycles. The molecule has 0 saturated carbocycles. The van der Waals surface area contributed by atoms with Gasteiger partial charge in [0.25, 0.3) is 0 Å². The molecule has 2 heterocycles. The van der Waals surface area contributed by atoms with Gasteiger partial charge in [-0.1, -0.05) is 0 Å². The van der Waals surface area contributed by atoms with Gasteiger partial charge in [-0.15, -0.1) is 0 Å². The predicted molar refractivity (Wildman–Crippen MR) is 43.0 cm³/mol. The van der Waals surface area contributed by atoms with Crippen LogP contribution in [0.2, 0.25) is 0 Å². The number of pyridine rings is 1. The highest BCUT2D eigenvalue weighted by Gasteiger charge is 2.00. The van der Waals surface area contributed by atoms with E-state index in [2.05, 4.69) is 15.2 Å². The molecular formula is C7H8N4. The van der Waals surface area contributed by atoms with Crippen molar-refractivity contribution in [2.75, 3.05) is 5.73 Å². The lowest BCUT2D eigenvalue weighted by Crippen LogP contribution is -1.89. The number of anilines is 1. The molecule has 0 atom stereocenters. The van der Waals surface area contributed by atoms with E-state index >= 15 is 0 Å². The van der Waals surface area contributed by atoms with Crippen LogP contribution in [0, 0.1) is 6.92 Å². The van der Waals surface area contributed by atoms with E-state index in [1.807, 2.05) is 13.0 Å². The SMILES string of the molecule is Cc1cc(N)c2cn[nH]c2n1. The Balaban J connectivity index is 2.91. The van der Waals surface area contributed by atoms with Crippen LogP contribution in [0.4, 0.5) is 5.69 Å². The van der Waals surface area contributed by atoms with Crippen LogP contribution in [0.1, 0.15) is 5.69 Å². The summed E-state index contributed by atoms with van der Waals surface area (Å²) in [4.78, 5) is 4.20. The van der Waals surface area contributed by atoms with Crippen molar-refractivity contribution in [3.05, 3.63) is 18.0 Å². The Bertz CT molecular complexity index is 390. The molecule has 0 unspecified atom stereocenters. The fourth-order valence-corrected chi connectivity index (χ4v) is 1.09. The molecular weight excluding hydrogens is 140 g/mol. The number of nitrogen functional groups attached to an aromatic ring is 1. The Kier molecular flexibility index (Phi) is 1.09. The van der Waals surface area contributed by atoms with Crippen molar-refractivity contribution in [1.82, 2.24) is 15.2 Å². The molecule has 0 aliphatic carbocycles. The number of H-pyrrole nitrogens is 1. The molecule has 11 heavy (non-hydrogen) atoms. The van der Waals surface area contributed by atoms with E-state index in [0.717, 1.165) is 22.4 Å². The first-order valence-corrected chi connectivity index (χ1v) is 3.33. The second-order valence-corrected chi connectivity index (χ2v) is 2.49. The minimum absolute atomic E-state index is 0.723. The molecule has 0 spiro atoms. The van der Waals surface area contributed by atoms with Crippen LogP contribution < -0.4 is 5.73 Å². The Morgan fingerprint density at radius 3 is 3.18 bits per heavy atom. The van der Waals surface area contributed by atoms with Crippen molar-refractivity contribution in [2.45, 2.75) is 6.92 Å². The third-order valence-electron chi connectivity index (χ3n) is 1.58. The Hall–Kier alpha value is -1.58. The van der Waals surface area contributed by atoms with E-state index in [1.165, 1.54) is 0 Å². The van der Waals surface area contributed by atoms with Gasteiger partial charge in [0.1, 0.15) is 0 Å². The third-order valence-corrected chi connectivity index (χ3v) is 1.58. The number of nitrogens with one attached hydrogen (secondary N) is 1. The molecule has 4 nitrogen and oxygen atoms in total. The molecule has 0 amide bonds. The van der Waals surface area contributed by atoms with Gasteiger partial charge in [0.15, 0.2) is 5.65 Å². The van der Waals surface area contributed by atoms with Crippen molar-refractivity contribution < 1.29 is 0 Å². The Morgan fingerprint density at radius 1 is 1.55 bits per heavy atom. The summed E-state index contributed by atoms with van der Waals surface area (Å²) in [5.41, 5.74) is 8.08. The fraction of sp³-hybridized carbons (Fsp3) is 0.143. The lowest BCUT2D eigenvalue weighted by Gasteiger charge is -1.95. The number of aromatic nitrogens is 3. The second-order valence-electron chi connectivity index (χ2n) is 2.49. The van der Waals surface area contributed by atoms with E-state index in [-0.39, 0.29) is 0 Å². The van der Waals surface area contributed by atoms with Crippen LogP contribution in [0.3, 0.4) is 0 Å². The summed E-state index contributed by atoms with van der Waals surface area (Å²) < 4.78 is 0. The molecule has 4 heteroatoms. The van der Waals surface area contributed by atoms with Crippen molar-refractivity contribution in [3.63, 3.8) is 0 Å². The first-order valence-electron chi connectivity index (χ1n) is 3.33. The fourth-order valence-electron chi connectivity index (χ4n) is 1.09. The number of nitrogens with two attached hydrogens (primary N) is 1. The summed E-state index contributed by atoms with van der Waals surface area (Å²) in [5, 5.41) is 7.48. The van der Waals surface area contributed by atoms with Crippen LogP contribution >= 0.6 is 0 Å². The lowest BCUT2D eigenvalue weighted by molar-refractivity contribution is 1.09. The minimum atomic E-state index is 0.723. The summed E-state index contributed by atoms with van der Waals surface area (Å²) in [6.45, 7) is 1.90. The number of aryl methyl sites for hydroxylation is 1. The van der Waals surface area contributed by atoms with Crippen molar-refractivity contribution in [1.29, 1.82) is 0 Å². The molecule has 0 fully saturated rings. The number of fused-ring (bicyclic) bond motifs is 1. The van der Waals surface area contributed by atoms with Gasteiger partial charge >= 0.3 is 0 Å². The Labute approximate surface area is 63.4 Å². The summed E-state index contributed by atoms with van der Waals surface area (Å²) in [7, 11) is 0. The van der Waals surface area contributed by atoms with Crippen molar-refractivity contribution in [3.8, 4) is 0 Å². The van der Waals surface area contributed by atoms with Crippen LogP contribution in [0.15, 0.2) is 12.3 Å². The standard InChI is InChI=1S/C7H8N4/c1-4-2-6(8)5-3-9-11-7(5)10-4/h2-3H,1H3,(H3,8,9,10,11). The number of nitrogens with zero attached hydrogens (tertiary/aromatic N) is 2. The molecule has 2 aromatic rings. The smallest absolute Gasteiger partial charge is 0.157 e. The summed E-state index contributed by atoms with van der Waals surface area (Å²) in [6, 6.07) is 1.83. The lowest BCUT2D eigenvalue weighted by atomic mass is 10.2. The number of hydrogen-bond donors (Lipinski definition) is 2. The van der Waals surface area contributed by atoms with E-state index in [1.54, 1.807) is 6.20 Å². The van der Waals surface area contributed by atoms with E-state index in [0.29, 0.717) is 0 Å². The van der Waals surface area contributed by atoms with E-state index in [9.17, 15) is 0 Å². The monoisotopic (exact) mass is 148 g/mol. The normalized spacial score (nSPS) is 10.6. The predicted octanol–water partition coefficient (Wildman–Crippen LogP) is 0.849. The van der Waals surface area contributed by atoms with E-state index < -0.39 is 0 Å². The topological polar surface area (TPSA) is 67.6 Å². The number of rotatable bonds is 0. The molecule has 0 aromatic carbocycles. The summed E-state index contributed by atoms with van der Waals surface area (Å²) >= 11 is 0. The maximum absolute atomic E-state index is 5.70. The average molecular weight is 148 g/mol. The molecule has 2 rings (SSSR count). The maximum Gasteiger partial charge on any atom is 0.157 e. The molecule has 0 aliphatic rings. The van der Waals surface area contributed by atoms with Crippen LogP contribution in [0.5, 0.6) is 0 Å². The van der Waals surface area contributed by atoms with Gasteiger partial charge in [0.2, 0.25) is 0 Å². The van der Waals surface area contributed by atoms with Gasteiger partial charge in [0.05, 0.1) is 11.6 Å². The molecule has 0 radical (unpaired) electrons. The van der Waals surface area contributed by atoms with Gasteiger partial charge in [-0.05, 0) is 13.0 Å². The van der Waals surface area contributed by atoms with Crippen LogP contribution in [-0.2, 0) is 0 Å². The molecule has 0 aliphatic heterocycles. The number of aromatic amines is 1. The average Bonchev–Trinajstić information content (AvgIpc) is 2.34. The highest BCUT2D eigenvalue weighted by Crippen LogP contribution is 2.16. The quantitative estimate of drug-likeness (QED) is 0.582. The molecule has 0 saturated heterocycles. The second kappa shape index (κ2) is 1.95. The largest absolute Gasteiger partial charge is 0.398 e. The minimum Gasteiger partial charge on any atom is -0.398 e. The first-order chi connectivity index (χ1) is 5.27. The van der Waals surface area contributed by atoms with Gasteiger partial charge in [-0.2, -0.15) is 5.10 Å². The summed E-state index contributed by atoms with van der Waals surface area (Å²) in [5.74, 6) is 0. The Morgan fingerprint density at radius 2 is 2.36 bits per heavy atom. The maximum atomic E-state index is 5.70. The highest BCUT2D eigenvalue weighted by molar-refractivity contribution is 5.86. The zero-order chi connectivity index (χ0) is 7.84. The molecule has 56 valence electrons. The third kappa shape index (κ3) is 0.832. The first kappa shape index (κ1) is 6.15. The van der Waals surface area contributed by atoms with Gasteiger partial charge < -0.3 is 5.73 Å². The van der Waals surface area contributed by atoms with Gasteiger partial charge in [-0.25, -0.2) is 4.98 Å².